The number of fused-ring (bicyclic) bond motifs is 1. The minimum absolute atomic E-state index is 0.0313. The number of aryl methyl sites for hydroxylation is 1. The van der Waals surface area contributed by atoms with Gasteiger partial charge < -0.3 is 9.88 Å². The van der Waals surface area contributed by atoms with Crippen LogP contribution >= 0.6 is 0 Å². The molecule has 36 heavy (non-hydrogen) atoms. The third kappa shape index (κ3) is 4.59. The molecular formula is C26H25N5O4S. The number of amides is 1. The second kappa shape index (κ2) is 9.54. The van der Waals surface area contributed by atoms with E-state index in [9.17, 15) is 18.0 Å². The van der Waals surface area contributed by atoms with Gasteiger partial charge in [-0.25, -0.2) is 18.1 Å². The zero-order chi connectivity index (χ0) is 25.3. The maximum absolute atomic E-state index is 13.6. The molecule has 0 fully saturated rings. The van der Waals surface area contributed by atoms with Crippen LogP contribution in [0, 0.1) is 0 Å². The van der Waals surface area contributed by atoms with Crippen LogP contribution in [0.25, 0.3) is 28.0 Å². The van der Waals surface area contributed by atoms with Crippen LogP contribution in [0.1, 0.15) is 30.1 Å². The monoisotopic (exact) mass is 503 g/mol. The smallest absolute Gasteiger partial charge is 0.263 e. The summed E-state index contributed by atoms with van der Waals surface area (Å²) in [5.41, 5.74) is 1.74. The molecule has 184 valence electrons. The van der Waals surface area contributed by atoms with Gasteiger partial charge in [0.2, 0.25) is 0 Å². The number of benzene rings is 2. The molecule has 3 heterocycles. The summed E-state index contributed by atoms with van der Waals surface area (Å²) in [6.45, 7) is 2.45. The summed E-state index contributed by atoms with van der Waals surface area (Å²) >= 11 is 0. The molecule has 0 spiro atoms. The summed E-state index contributed by atoms with van der Waals surface area (Å²) in [6, 6.07) is 16.0. The SMILES string of the molecule is CCCCn1c(=O)c(C(=O)NC2C=CS(=O)(=O)C2)cc2cccc(-c3ncn(-c4ccccc4)n3)c21. The van der Waals surface area contributed by atoms with Crippen molar-refractivity contribution in [3.05, 3.63) is 88.3 Å². The highest BCUT2D eigenvalue weighted by Crippen LogP contribution is 2.27. The van der Waals surface area contributed by atoms with Crippen molar-refractivity contribution in [1.82, 2.24) is 24.6 Å². The van der Waals surface area contributed by atoms with Gasteiger partial charge in [-0.2, -0.15) is 0 Å². The maximum Gasteiger partial charge on any atom is 0.263 e. The number of aromatic nitrogens is 4. The fraction of sp³-hybridized carbons (Fsp3) is 0.231. The summed E-state index contributed by atoms with van der Waals surface area (Å²) < 4.78 is 26.7. The number of nitrogens with zero attached hydrogens (tertiary/aromatic N) is 4. The highest BCUT2D eigenvalue weighted by Gasteiger charge is 2.25. The van der Waals surface area contributed by atoms with Gasteiger partial charge in [0, 0.05) is 17.5 Å². The number of unbranched alkanes of at least 4 members (excludes halogenated alkanes) is 1. The number of rotatable bonds is 7. The van der Waals surface area contributed by atoms with E-state index >= 15 is 0 Å². The zero-order valence-electron chi connectivity index (χ0n) is 19.7. The number of para-hydroxylation sites is 2. The Balaban J connectivity index is 1.59. The van der Waals surface area contributed by atoms with Gasteiger partial charge >= 0.3 is 0 Å². The first kappa shape index (κ1) is 23.7. The summed E-state index contributed by atoms with van der Waals surface area (Å²) in [5.74, 6) is -0.348. The number of carbonyl (C=O) groups excluding carboxylic acids is 1. The molecule has 0 radical (unpaired) electrons. The van der Waals surface area contributed by atoms with E-state index in [2.05, 4.69) is 15.4 Å². The molecule has 0 saturated carbocycles. The average molecular weight is 504 g/mol. The molecule has 9 nitrogen and oxygen atoms in total. The molecule has 1 unspecified atom stereocenters. The molecule has 0 aliphatic carbocycles. The third-order valence-electron chi connectivity index (χ3n) is 6.09. The molecule has 5 rings (SSSR count). The molecule has 1 N–H and O–H groups in total. The van der Waals surface area contributed by atoms with Crippen LogP contribution in [0.4, 0.5) is 0 Å². The van der Waals surface area contributed by atoms with Gasteiger partial charge in [0.1, 0.15) is 11.9 Å². The molecule has 1 aliphatic heterocycles. The lowest BCUT2D eigenvalue weighted by Gasteiger charge is -2.16. The predicted octanol–water partition coefficient (Wildman–Crippen LogP) is 3.09. The Bertz CT molecular complexity index is 1640. The van der Waals surface area contributed by atoms with Crippen LogP contribution in [0.3, 0.4) is 0 Å². The van der Waals surface area contributed by atoms with Crippen molar-refractivity contribution in [3.8, 4) is 17.1 Å². The van der Waals surface area contributed by atoms with E-state index in [0.717, 1.165) is 23.9 Å². The molecule has 1 atom stereocenters. The standard InChI is InChI=1S/C26H25N5O4S/c1-2-3-13-30-23-18(15-22(26(30)33)25(32)28-19-12-14-36(34,35)16-19)8-7-11-21(23)24-27-17-31(29-24)20-9-5-4-6-10-20/h4-12,14-15,17,19H,2-3,13,16H2,1H3,(H,28,32). The number of nitrogens with one attached hydrogen (secondary N) is 1. The van der Waals surface area contributed by atoms with E-state index in [4.69, 9.17) is 0 Å². The summed E-state index contributed by atoms with van der Waals surface area (Å²) in [4.78, 5) is 31.1. The highest BCUT2D eigenvalue weighted by molar-refractivity contribution is 7.94. The minimum atomic E-state index is -3.34. The van der Waals surface area contributed by atoms with Gasteiger partial charge in [-0.15, -0.1) is 5.10 Å². The second-order valence-electron chi connectivity index (χ2n) is 8.70. The van der Waals surface area contributed by atoms with Gasteiger partial charge in [0.25, 0.3) is 11.5 Å². The minimum Gasteiger partial charge on any atom is -0.345 e. The largest absolute Gasteiger partial charge is 0.345 e. The van der Waals surface area contributed by atoms with Gasteiger partial charge in [0.05, 0.1) is 23.0 Å². The first-order chi connectivity index (χ1) is 17.4. The molecule has 10 heteroatoms. The first-order valence-corrected chi connectivity index (χ1v) is 13.4. The van der Waals surface area contributed by atoms with Crippen LogP contribution < -0.4 is 10.9 Å². The van der Waals surface area contributed by atoms with Crippen molar-refractivity contribution in [1.29, 1.82) is 0 Å². The maximum atomic E-state index is 13.6. The molecule has 1 aliphatic rings. The zero-order valence-corrected chi connectivity index (χ0v) is 20.5. The fourth-order valence-corrected chi connectivity index (χ4v) is 5.55. The lowest BCUT2D eigenvalue weighted by atomic mass is 10.1. The Morgan fingerprint density at radius 1 is 1.14 bits per heavy atom. The summed E-state index contributed by atoms with van der Waals surface area (Å²) in [6.07, 6.45) is 4.65. The van der Waals surface area contributed by atoms with Gasteiger partial charge in [0.15, 0.2) is 15.7 Å². The quantitative estimate of drug-likeness (QED) is 0.414. The van der Waals surface area contributed by atoms with E-state index in [0.29, 0.717) is 28.8 Å². The molecule has 0 bridgehead atoms. The molecular weight excluding hydrogens is 478 g/mol. The lowest BCUT2D eigenvalue weighted by Crippen LogP contribution is -2.39. The van der Waals surface area contributed by atoms with Crippen molar-refractivity contribution in [2.45, 2.75) is 32.4 Å². The van der Waals surface area contributed by atoms with E-state index in [1.807, 2.05) is 55.5 Å². The first-order valence-electron chi connectivity index (χ1n) is 11.7. The van der Waals surface area contributed by atoms with Gasteiger partial charge in [-0.3, -0.25) is 9.59 Å². The van der Waals surface area contributed by atoms with Crippen molar-refractivity contribution >= 4 is 26.6 Å². The lowest BCUT2D eigenvalue weighted by molar-refractivity contribution is 0.0945. The Kier molecular flexibility index (Phi) is 6.27. The Hall–Kier alpha value is -4.05. The number of pyridine rings is 1. The predicted molar refractivity (Wildman–Crippen MR) is 138 cm³/mol. The van der Waals surface area contributed by atoms with Crippen LogP contribution in [0.2, 0.25) is 0 Å². The number of hydrogen-bond acceptors (Lipinski definition) is 6. The summed E-state index contributed by atoms with van der Waals surface area (Å²) in [7, 11) is -3.34. The van der Waals surface area contributed by atoms with Crippen molar-refractivity contribution in [2.24, 2.45) is 0 Å². The second-order valence-corrected chi connectivity index (χ2v) is 10.6. The Morgan fingerprint density at radius 2 is 1.94 bits per heavy atom. The molecule has 2 aromatic carbocycles. The highest BCUT2D eigenvalue weighted by atomic mass is 32.2. The molecule has 2 aromatic heterocycles. The van der Waals surface area contributed by atoms with Crippen LogP contribution in [-0.4, -0.2) is 45.5 Å². The molecule has 1 amide bonds. The third-order valence-corrected chi connectivity index (χ3v) is 7.49. The Morgan fingerprint density at radius 3 is 2.67 bits per heavy atom. The van der Waals surface area contributed by atoms with Gasteiger partial charge in [-0.05, 0) is 42.1 Å². The fourth-order valence-electron chi connectivity index (χ4n) is 4.32. The Labute approximate surface area is 208 Å². The van der Waals surface area contributed by atoms with E-state index < -0.39 is 27.3 Å². The molecule has 4 aromatic rings. The normalized spacial score (nSPS) is 16.4. The van der Waals surface area contributed by atoms with Crippen LogP contribution in [0.5, 0.6) is 0 Å². The average Bonchev–Trinajstić information content (AvgIpc) is 3.49. The topological polar surface area (TPSA) is 116 Å². The van der Waals surface area contributed by atoms with Crippen LogP contribution in [0.15, 0.2) is 77.2 Å². The van der Waals surface area contributed by atoms with Gasteiger partial charge in [-0.1, -0.05) is 43.7 Å². The van der Waals surface area contributed by atoms with E-state index in [-0.39, 0.29) is 11.3 Å². The number of sulfone groups is 1. The van der Waals surface area contributed by atoms with Crippen LogP contribution in [-0.2, 0) is 16.4 Å². The summed E-state index contributed by atoms with van der Waals surface area (Å²) in [5, 5.41) is 9.08. The molecule has 0 saturated heterocycles. The number of hydrogen-bond donors (Lipinski definition) is 1. The van der Waals surface area contributed by atoms with Crippen molar-refractivity contribution < 1.29 is 13.2 Å². The van der Waals surface area contributed by atoms with E-state index in [1.54, 1.807) is 21.6 Å². The number of carbonyl (C=O) groups is 1. The van der Waals surface area contributed by atoms with Crippen molar-refractivity contribution in [2.75, 3.05) is 5.75 Å². The van der Waals surface area contributed by atoms with Crippen molar-refractivity contribution in [3.63, 3.8) is 0 Å². The van der Waals surface area contributed by atoms with E-state index in [1.165, 1.54) is 6.08 Å².